The highest BCUT2D eigenvalue weighted by Crippen LogP contribution is 2.28. The molecule has 0 aliphatic heterocycles. The van der Waals surface area contributed by atoms with Crippen LogP contribution >= 0.6 is 0 Å². The third-order valence-corrected chi connectivity index (χ3v) is 4.67. The Balaban J connectivity index is 1.63. The number of hydrogen-bond acceptors (Lipinski definition) is 6. The van der Waals surface area contributed by atoms with Gasteiger partial charge in [0.25, 0.3) is 5.91 Å². The van der Waals surface area contributed by atoms with Crippen molar-refractivity contribution >= 4 is 28.4 Å². The topological polar surface area (TPSA) is 102 Å². The number of pyridine rings is 1. The normalized spacial score (nSPS) is 11.9. The van der Waals surface area contributed by atoms with Crippen LogP contribution < -0.4 is 5.73 Å². The number of benzene rings is 1. The van der Waals surface area contributed by atoms with Crippen molar-refractivity contribution in [2.24, 2.45) is 0 Å². The molecule has 4 aromatic rings. The van der Waals surface area contributed by atoms with Crippen molar-refractivity contribution in [3.05, 3.63) is 59.7 Å². The first-order valence-electron chi connectivity index (χ1n) is 8.98. The quantitative estimate of drug-likeness (QED) is 0.550. The van der Waals surface area contributed by atoms with Gasteiger partial charge in [0.2, 0.25) is 5.65 Å². The van der Waals surface area contributed by atoms with Crippen LogP contribution in [0, 0.1) is 0 Å². The van der Waals surface area contributed by atoms with Crippen LogP contribution in [0.25, 0.3) is 16.7 Å². The lowest BCUT2D eigenvalue weighted by molar-refractivity contribution is -0.137. The van der Waals surface area contributed by atoms with E-state index in [1.54, 1.807) is 29.5 Å². The molecule has 0 aliphatic carbocycles. The van der Waals surface area contributed by atoms with Gasteiger partial charge in [0.15, 0.2) is 5.82 Å². The largest absolute Gasteiger partial charge is 0.417 e. The fourth-order valence-corrected chi connectivity index (χ4v) is 3.10. The van der Waals surface area contributed by atoms with E-state index in [1.807, 2.05) is 0 Å². The van der Waals surface area contributed by atoms with E-state index < -0.39 is 11.7 Å². The highest BCUT2D eigenvalue weighted by Gasteiger charge is 2.30. The Bertz CT molecular complexity index is 1230. The number of nitrogen functional groups attached to an aromatic ring is 1. The molecule has 0 spiro atoms. The zero-order valence-corrected chi connectivity index (χ0v) is 15.8. The maximum atomic E-state index is 13.0. The van der Waals surface area contributed by atoms with Gasteiger partial charge in [-0.3, -0.25) is 14.2 Å². The summed E-state index contributed by atoms with van der Waals surface area (Å²) in [5.41, 5.74) is 7.35. The number of aromatic nitrogens is 5. The molecule has 11 heteroatoms. The predicted molar refractivity (Wildman–Crippen MR) is 102 cm³/mol. The van der Waals surface area contributed by atoms with E-state index in [9.17, 15) is 18.0 Å². The zero-order chi connectivity index (χ0) is 21.5. The van der Waals surface area contributed by atoms with Crippen molar-refractivity contribution in [1.82, 2.24) is 29.5 Å². The first kappa shape index (κ1) is 19.6. The molecule has 1 amide bonds. The molecule has 0 aliphatic rings. The molecular formula is C19H16F3N7O. The molecule has 8 nitrogen and oxygen atoms in total. The Morgan fingerprint density at radius 1 is 1.23 bits per heavy atom. The summed E-state index contributed by atoms with van der Waals surface area (Å²) in [7, 11) is 0. The van der Waals surface area contributed by atoms with Gasteiger partial charge in [-0.25, -0.2) is 4.98 Å². The summed E-state index contributed by atoms with van der Waals surface area (Å²) < 4.78 is 39.8. The van der Waals surface area contributed by atoms with Crippen LogP contribution in [0.4, 0.5) is 19.0 Å². The summed E-state index contributed by atoms with van der Waals surface area (Å²) >= 11 is 0. The minimum absolute atomic E-state index is 0.0769. The predicted octanol–water partition coefficient (Wildman–Crippen LogP) is 2.94. The first-order valence-corrected chi connectivity index (χ1v) is 8.98. The molecule has 0 atom stereocenters. The number of hydrogen-bond donors (Lipinski definition) is 1. The van der Waals surface area contributed by atoms with Crippen LogP contribution in [-0.4, -0.2) is 41.9 Å². The third kappa shape index (κ3) is 3.49. The number of alkyl halides is 3. The van der Waals surface area contributed by atoms with Gasteiger partial charge in [0, 0.05) is 18.3 Å². The molecule has 0 bridgehead atoms. The highest BCUT2D eigenvalue weighted by atomic mass is 19.4. The summed E-state index contributed by atoms with van der Waals surface area (Å²) in [6.45, 7) is 2.21. The molecule has 1 aromatic carbocycles. The van der Waals surface area contributed by atoms with Gasteiger partial charge in [0.05, 0.1) is 28.8 Å². The number of rotatable bonds is 4. The number of anilines is 1. The summed E-state index contributed by atoms with van der Waals surface area (Å²) in [5, 5.41) is 7.74. The van der Waals surface area contributed by atoms with Gasteiger partial charge in [0.1, 0.15) is 6.33 Å². The SMILES string of the molecule is CCN(Cc1ccc(C(F)(F)F)cn1)C(=O)c1ccc2nc(N)c3nncn3c2c1. The lowest BCUT2D eigenvalue weighted by Crippen LogP contribution is -2.30. The molecule has 0 saturated carbocycles. The van der Waals surface area contributed by atoms with E-state index in [1.165, 1.54) is 17.3 Å². The second-order valence-corrected chi connectivity index (χ2v) is 6.58. The van der Waals surface area contributed by atoms with Gasteiger partial charge in [-0.05, 0) is 37.3 Å². The summed E-state index contributed by atoms with van der Waals surface area (Å²) in [5.74, 6) is -0.0678. The van der Waals surface area contributed by atoms with E-state index in [0.717, 1.165) is 12.3 Å². The molecule has 3 aromatic heterocycles. The molecule has 0 fully saturated rings. The minimum Gasteiger partial charge on any atom is -0.381 e. The van der Waals surface area contributed by atoms with Crippen molar-refractivity contribution in [3.63, 3.8) is 0 Å². The summed E-state index contributed by atoms with van der Waals surface area (Å²) in [4.78, 5) is 22.6. The smallest absolute Gasteiger partial charge is 0.381 e. The average Bonchev–Trinajstić information content (AvgIpc) is 3.22. The molecule has 30 heavy (non-hydrogen) atoms. The Hall–Kier alpha value is -3.76. The maximum absolute atomic E-state index is 13.0. The standard InChI is InChI=1S/C19H16F3N7O/c1-2-28(9-13-5-4-12(8-24-13)19(20,21)22)18(30)11-3-6-14-15(7-11)29-10-25-27-17(29)16(23)26-14/h3-8,10H,2,9H2,1H3,(H2,23,26). The van der Waals surface area contributed by atoms with E-state index in [-0.39, 0.29) is 18.3 Å². The second-order valence-electron chi connectivity index (χ2n) is 6.58. The van der Waals surface area contributed by atoms with Gasteiger partial charge in [-0.2, -0.15) is 13.2 Å². The van der Waals surface area contributed by atoms with Crippen LogP contribution in [0.5, 0.6) is 0 Å². The maximum Gasteiger partial charge on any atom is 0.417 e. The Morgan fingerprint density at radius 3 is 2.70 bits per heavy atom. The van der Waals surface area contributed by atoms with Crippen LogP contribution in [0.1, 0.15) is 28.5 Å². The van der Waals surface area contributed by atoms with Gasteiger partial charge < -0.3 is 10.6 Å². The summed E-state index contributed by atoms with van der Waals surface area (Å²) in [6, 6.07) is 7.17. The minimum atomic E-state index is -4.46. The first-order chi connectivity index (χ1) is 14.3. The van der Waals surface area contributed by atoms with E-state index in [2.05, 4.69) is 20.2 Å². The molecule has 3 heterocycles. The number of nitrogens with zero attached hydrogens (tertiary/aromatic N) is 6. The number of carbonyl (C=O) groups is 1. The van der Waals surface area contributed by atoms with Crippen molar-refractivity contribution in [3.8, 4) is 0 Å². The van der Waals surface area contributed by atoms with E-state index in [4.69, 9.17) is 5.73 Å². The lowest BCUT2D eigenvalue weighted by Gasteiger charge is -2.21. The fraction of sp³-hybridized carbons (Fsp3) is 0.211. The molecule has 154 valence electrons. The number of amides is 1. The van der Waals surface area contributed by atoms with Gasteiger partial charge >= 0.3 is 6.18 Å². The zero-order valence-electron chi connectivity index (χ0n) is 15.8. The van der Waals surface area contributed by atoms with E-state index >= 15 is 0 Å². The van der Waals surface area contributed by atoms with E-state index in [0.29, 0.717) is 34.5 Å². The van der Waals surface area contributed by atoms with Gasteiger partial charge in [-0.1, -0.05) is 0 Å². The Labute approximate surface area is 168 Å². The molecule has 2 N–H and O–H groups in total. The number of halogens is 3. The van der Waals surface area contributed by atoms with Crippen LogP contribution in [0.2, 0.25) is 0 Å². The van der Waals surface area contributed by atoms with Gasteiger partial charge in [-0.15, -0.1) is 10.2 Å². The second kappa shape index (κ2) is 7.25. The van der Waals surface area contributed by atoms with Crippen LogP contribution in [-0.2, 0) is 12.7 Å². The van der Waals surface area contributed by atoms with Crippen molar-refractivity contribution in [2.45, 2.75) is 19.6 Å². The van der Waals surface area contributed by atoms with Crippen molar-refractivity contribution in [1.29, 1.82) is 0 Å². The van der Waals surface area contributed by atoms with Crippen LogP contribution in [0.15, 0.2) is 42.9 Å². The monoisotopic (exact) mass is 415 g/mol. The van der Waals surface area contributed by atoms with Crippen LogP contribution in [0.3, 0.4) is 0 Å². The average molecular weight is 415 g/mol. The summed E-state index contributed by atoms with van der Waals surface area (Å²) in [6.07, 6.45) is -2.21. The number of nitrogens with two attached hydrogens (primary N) is 1. The number of carbonyl (C=O) groups excluding carboxylic acids is 1. The molecule has 0 radical (unpaired) electrons. The number of fused-ring (bicyclic) bond motifs is 3. The molecule has 0 unspecified atom stereocenters. The molecule has 0 saturated heterocycles. The fourth-order valence-electron chi connectivity index (χ4n) is 3.10. The molecular weight excluding hydrogens is 399 g/mol. The Kier molecular flexibility index (Phi) is 4.72. The lowest BCUT2D eigenvalue weighted by atomic mass is 10.1. The van der Waals surface area contributed by atoms with Crippen molar-refractivity contribution in [2.75, 3.05) is 12.3 Å². The van der Waals surface area contributed by atoms with Crippen molar-refractivity contribution < 1.29 is 18.0 Å². The highest BCUT2D eigenvalue weighted by molar-refractivity contribution is 5.98. The molecule has 4 rings (SSSR count). The third-order valence-electron chi connectivity index (χ3n) is 4.67. The Morgan fingerprint density at radius 2 is 2.03 bits per heavy atom.